The number of aliphatic carboxylic acids is 1. The Morgan fingerprint density at radius 1 is 1.05 bits per heavy atom. The van der Waals surface area contributed by atoms with E-state index in [-0.39, 0.29) is 41.4 Å². The second-order valence-electron chi connectivity index (χ2n) is 11.0. The fourth-order valence-corrected chi connectivity index (χ4v) is 6.86. The summed E-state index contributed by atoms with van der Waals surface area (Å²) < 4.78 is 0. The Labute approximate surface area is 279 Å². The number of nitrogens with zero attached hydrogens (tertiary/aromatic N) is 1. The minimum atomic E-state index is -0.665. The molecular weight excluding hydrogens is 573 g/mol. The number of rotatable bonds is 13. The van der Waals surface area contributed by atoms with E-state index in [9.17, 15) is 15.0 Å². The van der Waals surface area contributed by atoms with Gasteiger partial charge < -0.3 is 10.2 Å². The minimum absolute atomic E-state index is 0. The van der Waals surface area contributed by atoms with Crippen molar-refractivity contribution in [2.45, 2.75) is 44.6 Å². The predicted octanol–water partition coefficient (Wildman–Crippen LogP) is 7.70. The standard InChI is InChI=1S/C35H36ClNO3S.Na.H/c1-23(38)19-27-6-2-3-8-31(27)32(17-18-41-22-33(35(39)40)25-10-11-25)28-7-4-5-24(20-28)9-15-30-16-13-26-12-14-29(36)21-34(26)37-30;;/h2-9,12-16,20-21,23,25,32-33,38H,10-11,17-19,22H2,1H3,(H,39,40);;/b15-9+;;. The molecule has 0 bridgehead atoms. The Morgan fingerprint density at radius 3 is 2.60 bits per heavy atom. The van der Waals surface area contributed by atoms with Crippen LogP contribution in [-0.2, 0) is 11.2 Å². The predicted molar refractivity (Wildman–Crippen MR) is 179 cm³/mol. The molecule has 0 spiro atoms. The normalized spacial score (nSPS) is 15.3. The Morgan fingerprint density at radius 2 is 1.83 bits per heavy atom. The van der Waals surface area contributed by atoms with Crippen molar-refractivity contribution < 1.29 is 15.0 Å². The number of benzene rings is 3. The van der Waals surface area contributed by atoms with E-state index in [1.807, 2.05) is 43.3 Å². The molecule has 0 saturated heterocycles. The number of aliphatic hydroxyl groups is 1. The van der Waals surface area contributed by atoms with Gasteiger partial charge in [-0.1, -0.05) is 78.3 Å². The van der Waals surface area contributed by atoms with Gasteiger partial charge in [-0.15, -0.1) is 0 Å². The molecule has 1 fully saturated rings. The maximum absolute atomic E-state index is 11.7. The molecule has 0 aliphatic heterocycles. The summed E-state index contributed by atoms with van der Waals surface area (Å²) in [6.45, 7) is 1.83. The number of pyridine rings is 1. The van der Waals surface area contributed by atoms with Crippen LogP contribution in [0.1, 0.15) is 60.1 Å². The molecule has 5 rings (SSSR count). The van der Waals surface area contributed by atoms with Gasteiger partial charge in [-0.2, -0.15) is 11.8 Å². The Balaban J connectivity index is 0.00000405. The zero-order chi connectivity index (χ0) is 28.8. The van der Waals surface area contributed by atoms with E-state index in [4.69, 9.17) is 16.6 Å². The van der Waals surface area contributed by atoms with E-state index in [0.29, 0.717) is 23.1 Å². The zero-order valence-electron chi connectivity index (χ0n) is 23.2. The number of carboxylic acid groups (broad SMARTS) is 1. The van der Waals surface area contributed by atoms with Crippen LogP contribution in [0.5, 0.6) is 0 Å². The summed E-state index contributed by atoms with van der Waals surface area (Å²) in [5.74, 6) is 1.11. The zero-order valence-corrected chi connectivity index (χ0v) is 24.8. The van der Waals surface area contributed by atoms with Crippen molar-refractivity contribution in [2.75, 3.05) is 11.5 Å². The molecule has 7 heteroatoms. The average molecular weight is 610 g/mol. The van der Waals surface area contributed by atoms with Crippen LogP contribution in [0.25, 0.3) is 23.1 Å². The van der Waals surface area contributed by atoms with Crippen molar-refractivity contribution >= 4 is 81.9 Å². The number of aliphatic hydroxyl groups excluding tert-OH is 1. The van der Waals surface area contributed by atoms with Gasteiger partial charge >= 0.3 is 35.5 Å². The van der Waals surface area contributed by atoms with Gasteiger partial charge in [0.15, 0.2) is 0 Å². The maximum atomic E-state index is 11.7. The van der Waals surface area contributed by atoms with Crippen LogP contribution in [0.2, 0.25) is 5.02 Å². The summed E-state index contributed by atoms with van der Waals surface area (Å²) in [6, 6.07) is 26.8. The van der Waals surface area contributed by atoms with Crippen LogP contribution >= 0.6 is 23.4 Å². The first-order chi connectivity index (χ1) is 19.9. The van der Waals surface area contributed by atoms with Gasteiger partial charge in [0.1, 0.15) is 0 Å². The third-order valence-electron chi connectivity index (χ3n) is 7.74. The van der Waals surface area contributed by atoms with Gasteiger partial charge in [0.25, 0.3) is 0 Å². The number of carboxylic acids is 1. The van der Waals surface area contributed by atoms with Crippen LogP contribution in [0.3, 0.4) is 0 Å². The molecule has 1 aliphatic rings. The molecule has 4 aromatic rings. The van der Waals surface area contributed by atoms with Crippen molar-refractivity contribution in [1.82, 2.24) is 4.98 Å². The topological polar surface area (TPSA) is 70.4 Å². The summed E-state index contributed by atoms with van der Waals surface area (Å²) >= 11 is 7.92. The third-order valence-corrected chi connectivity index (χ3v) is 9.09. The number of halogens is 1. The summed E-state index contributed by atoms with van der Waals surface area (Å²) in [6.07, 6.45) is 7.24. The van der Waals surface area contributed by atoms with Crippen molar-refractivity contribution in [3.05, 3.63) is 112 Å². The number of thioether (sulfide) groups is 1. The van der Waals surface area contributed by atoms with Crippen LogP contribution in [0.4, 0.5) is 0 Å². The molecule has 1 saturated carbocycles. The monoisotopic (exact) mass is 609 g/mol. The van der Waals surface area contributed by atoms with Gasteiger partial charge in [-0.05, 0) is 90.8 Å². The molecule has 214 valence electrons. The fraction of sp³-hybridized carbons (Fsp3) is 0.314. The van der Waals surface area contributed by atoms with E-state index in [1.54, 1.807) is 11.8 Å². The molecule has 3 aromatic carbocycles. The Hall–Kier alpha value is -2.12. The SMILES string of the molecule is CC(O)Cc1ccccc1C(CCSCC(C(=O)O)C1CC1)c1cccc(/C=C/c2ccc3ccc(Cl)cc3n2)c1.[NaH]. The second kappa shape index (κ2) is 15.6. The van der Waals surface area contributed by atoms with E-state index < -0.39 is 12.1 Å². The number of hydrogen-bond donors (Lipinski definition) is 2. The van der Waals surface area contributed by atoms with Crippen LogP contribution in [0.15, 0.2) is 78.9 Å². The van der Waals surface area contributed by atoms with Gasteiger partial charge in [-0.3, -0.25) is 4.79 Å². The molecular formula is C35H37ClNNaO3S. The number of aromatic nitrogens is 1. The quantitative estimate of drug-likeness (QED) is 0.120. The van der Waals surface area contributed by atoms with Gasteiger partial charge in [-0.25, -0.2) is 4.98 Å². The summed E-state index contributed by atoms with van der Waals surface area (Å²) in [7, 11) is 0. The van der Waals surface area contributed by atoms with Crippen molar-refractivity contribution in [2.24, 2.45) is 11.8 Å². The second-order valence-corrected chi connectivity index (χ2v) is 12.6. The van der Waals surface area contributed by atoms with Crippen LogP contribution in [0, 0.1) is 11.8 Å². The molecule has 2 N–H and O–H groups in total. The molecule has 1 aromatic heterocycles. The molecule has 3 unspecified atom stereocenters. The molecule has 4 nitrogen and oxygen atoms in total. The van der Waals surface area contributed by atoms with Crippen LogP contribution < -0.4 is 0 Å². The van der Waals surface area contributed by atoms with Crippen molar-refractivity contribution in [3.8, 4) is 0 Å². The Bertz CT molecular complexity index is 1540. The average Bonchev–Trinajstić information content (AvgIpc) is 3.79. The summed E-state index contributed by atoms with van der Waals surface area (Å²) in [5, 5.41) is 21.6. The van der Waals surface area contributed by atoms with Gasteiger partial charge in [0.2, 0.25) is 0 Å². The first-order valence-electron chi connectivity index (χ1n) is 14.3. The van der Waals surface area contributed by atoms with Crippen molar-refractivity contribution in [3.63, 3.8) is 0 Å². The van der Waals surface area contributed by atoms with E-state index in [2.05, 4.69) is 54.6 Å². The van der Waals surface area contributed by atoms with Gasteiger partial charge in [0, 0.05) is 22.1 Å². The molecule has 3 atom stereocenters. The molecule has 42 heavy (non-hydrogen) atoms. The first kappa shape index (κ1) is 32.8. The summed E-state index contributed by atoms with van der Waals surface area (Å²) in [4.78, 5) is 16.5. The molecule has 1 heterocycles. The number of hydrogen-bond acceptors (Lipinski definition) is 4. The molecule has 1 aliphatic carbocycles. The molecule has 0 radical (unpaired) electrons. The fourth-order valence-electron chi connectivity index (χ4n) is 5.46. The van der Waals surface area contributed by atoms with Crippen LogP contribution in [-0.4, -0.2) is 68.3 Å². The Kier molecular flexibility index (Phi) is 12.1. The van der Waals surface area contributed by atoms with Crippen molar-refractivity contribution in [1.29, 1.82) is 0 Å². The van der Waals surface area contributed by atoms with E-state index in [1.165, 1.54) is 11.1 Å². The van der Waals surface area contributed by atoms with E-state index in [0.717, 1.165) is 52.7 Å². The summed E-state index contributed by atoms with van der Waals surface area (Å²) in [5.41, 5.74) is 6.40. The third kappa shape index (κ3) is 8.95. The number of carbonyl (C=O) groups is 1. The number of fused-ring (bicyclic) bond motifs is 1. The molecule has 0 amide bonds. The van der Waals surface area contributed by atoms with E-state index >= 15 is 0 Å². The first-order valence-corrected chi connectivity index (χ1v) is 15.8. The van der Waals surface area contributed by atoms with Gasteiger partial charge in [0.05, 0.1) is 23.2 Å².